The van der Waals surface area contributed by atoms with Crippen molar-refractivity contribution in [3.8, 4) is 0 Å². The number of amides is 2. The van der Waals surface area contributed by atoms with E-state index in [0.29, 0.717) is 26.2 Å². The number of carbonyl (C=O) groups is 2. The lowest BCUT2D eigenvalue weighted by molar-refractivity contribution is -0.131. The molecule has 0 spiro atoms. The number of likely N-dealkylation sites (N-methyl/N-ethyl adjacent to an activating group) is 2. The molecule has 0 rings (SSSR count). The van der Waals surface area contributed by atoms with E-state index in [1.807, 2.05) is 18.7 Å². The van der Waals surface area contributed by atoms with Gasteiger partial charge in [-0.1, -0.05) is 6.92 Å². The predicted molar refractivity (Wildman–Crippen MR) is 66.9 cm³/mol. The van der Waals surface area contributed by atoms with Crippen LogP contribution in [0.25, 0.3) is 0 Å². The molecule has 0 unspecified atom stereocenters. The topological polar surface area (TPSA) is 87.5 Å². The quantitative estimate of drug-likeness (QED) is 0.319. The Labute approximate surface area is 103 Å². The van der Waals surface area contributed by atoms with Gasteiger partial charge in [-0.3, -0.25) is 19.9 Å². The van der Waals surface area contributed by atoms with Gasteiger partial charge in [0.15, 0.2) is 0 Å². The van der Waals surface area contributed by atoms with Gasteiger partial charge in [-0.15, -0.1) is 0 Å². The molecule has 0 aromatic heterocycles. The summed E-state index contributed by atoms with van der Waals surface area (Å²) in [6.07, 6.45) is 0. The van der Waals surface area contributed by atoms with E-state index >= 15 is 0 Å². The Bertz CT molecular complexity index is 266. The van der Waals surface area contributed by atoms with Crippen LogP contribution in [-0.2, 0) is 9.59 Å². The van der Waals surface area contributed by atoms with E-state index in [-0.39, 0.29) is 11.8 Å². The van der Waals surface area contributed by atoms with Crippen LogP contribution in [-0.4, -0.2) is 42.9 Å². The molecule has 17 heavy (non-hydrogen) atoms. The number of hydrogen-bond acceptors (Lipinski definition) is 4. The summed E-state index contributed by atoms with van der Waals surface area (Å²) in [7, 11) is 0. The molecule has 6 nitrogen and oxygen atoms in total. The van der Waals surface area contributed by atoms with Gasteiger partial charge in [0, 0.05) is 13.1 Å². The highest BCUT2D eigenvalue weighted by Crippen LogP contribution is 2.16. The molecule has 6 heteroatoms. The first-order valence-corrected chi connectivity index (χ1v) is 5.87. The van der Waals surface area contributed by atoms with E-state index in [0.717, 1.165) is 0 Å². The van der Waals surface area contributed by atoms with Crippen molar-refractivity contribution < 1.29 is 9.59 Å². The molecule has 0 aliphatic heterocycles. The molecule has 0 saturated heterocycles. The molecule has 0 fully saturated rings. The Morgan fingerprint density at radius 3 is 2.29 bits per heavy atom. The van der Waals surface area contributed by atoms with Crippen LogP contribution >= 0.6 is 0 Å². The van der Waals surface area contributed by atoms with E-state index in [1.54, 1.807) is 13.8 Å². The van der Waals surface area contributed by atoms with Gasteiger partial charge in [0.2, 0.25) is 11.8 Å². The van der Waals surface area contributed by atoms with Gasteiger partial charge in [-0.25, -0.2) is 5.84 Å². The Morgan fingerprint density at radius 2 is 1.88 bits per heavy atom. The summed E-state index contributed by atoms with van der Waals surface area (Å²) in [5, 5.41) is 2.73. The monoisotopic (exact) mass is 244 g/mol. The Hall–Kier alpha value is -1.14. The number of carbonyl (C=O) groups excluding carboxylic acids is 2. The van der Waals surface area contributed by atoms with E-state index < -0.39 is 5.41 Å². The maximum Gasteiger partial charge on any atom is 0.240 e. The molecular weight excluding hydrogens is 220 g/mol. The summed E-state index contributed by atoms with van der Waals surface area (Å²) in [5.41, 5.74) is 1.53. The van der Waals surface area contributed by atoms with Crippen LogP contribution in [0.4, 0.5) is 0 Å². The van der Waals surface area contributed by atoms with Gasteiger partial charge in [0.1, 0.15) is 0 Å². The van der Waals surface area contributed by atoms with Gasteiger partial charge >= 0.3 is 0 Å². The first-order valence-electron chi connectivity index (χ1n) is 5.87. The van der Waals surface area contributed by atoms with Crippen molar-refractivity contribution in [2.45, 2.75) is 27.7 Å². The molecule has 0 radical (unpaired) electrons. The zero-order chi connectivity index (χ0) is 13.5. The van der Waals surface area contributed by atoms with E-state index in [4.69, 9.17) is 5.84 Å². The number of nitrogens with one attached hydrogen (secondary N) is 2. The number of hydrazine groups is 1. The Kier molecular flexibility index (Phi) is 6.75. The van der Waals surface area contributed by atoms with E-state index in [2.05, 4.69) is 10.7 Å². The maximum atomic E-state index is 11.5. The molecule has 0 heterocycles. The van der Waals surface area contributed by atoms with Crippen molar-refractivity contribution in [1.82, 2.24) is 15.6 Å². The summed E-state index contributed by atoms with van der Waals surface area (Å²) in [5.74, 6) is 4.87. The summed E-state index contributed by atoms with van der Waals surface area (Å²) in [6.45, 7) is 9.54. The third kappa shape index (κ3) is 5.65. The normalized spacial score (nSPS) is 11.4. The van der Waals surface area contributed by atoms with Gasteiger partial charge in [0.05, 0.1) is 12.0 Å². The first kappa shape index (κ1) is 15.9. The largest absolute Gasteiger partial charge is 0.355 e. The highest BCUT2D eigenvalue weighted by atomic mass is 16.2. The lowest BCUT2D eigenvalue weighted by Gasteiger charge is -2.29. The number of hydrogen-bond donors (Lipinski definition) is 3. The van der Waals surface area contributed by atoms with Crippen LogP contribution in [0.5, 0.6) is 0 Å². The average Bonchev–Trinajstić information content (AvgIpc) is 2.26. The third-order valence-electron chi connectivity index (χ3n) is 2.55. The number of nitrogens with two attached hydrogens (primary N) is 1. The minimum Gasteiger partial charge on any atom is -0.355 e. The molecule has 4 N–H and O–H groups in total. The predicted octanol–water partition coefficient (Wildman–Crippen LogP) is -0.539. The molecule has 0 aromatic carbocycles. The van der Waals surface area contributed by atoms with Crippen LogP contribution in [0, 0.1) is 5.41 Å². The second kappa shape index (κ2) is 7.24. The fourth-order valence-corrected chi connectivity index (χ4v) is 1.56. The van der Waals surface area contributed by atoms with Crippen molar-refractivity contribution in [2.75, 3.05) is 26.2 Å². The average molecular weight is 244 g/mol. The van der Waals surface area contributed by atoms with Gasteiger partial charge < -0.3 is 5.32 Å². The first-order chi connectivity index (χ1) is 7.87. The summed E-state index contributed by atoms with van der Waals surface area (Å²) >= 11 is 0. The molecule has 0 aliphatic carbocycles. The zero-order valence-electron chi connectivity index (χ0n) is 11.2. The minimum atomic E-state index is -0.614. The second-order valence-corrected chi connectivity index (χ2v) is 4.61. The smallest absolute Gasteiger partial charge is 0.240 e. The minimum absolute atomic E-state index is 0.0293. The molecule has 2 amide bonds. The second-order valence-electron chi connectivity index (χ2n) is 4.61. The number of nitrogens with zero attached hydrogens (tertiary/aromatic N) is 1. The molecule has 100 valence electrons. The maximum absolute atomic E-state index is 11.5. The summed E-state index contributed by atoms with van der Waals surface area (Å²) in [4.78, 5) is 24.9. The lowest BCUT2D eigenvalue weighted by Crippen LogP contribution is -2.49. The van der Waals surface area contributed by atoms with Gasteiger partial charge in [-0.05, 0) is 27.3 Å². The lowest BCUT2D eigenvalue weighted by atomic mass is 9.92. The van der Waals surface area contributed by atoms with Crippen LogP contribution in [0.2, 0.25) is 0 Å². The Morgan fingerprint density at radius 1 is 1.29 bits per heavy atom. The van der Waals surface area contributed by atoms with E-state index in [1.165, 1.54) is 0 Å². The molecule has 0 aromatic rings. The van der Waals surface area contributed by atoms with Gasteiger partial charge in [0.25, 0.3) is 0 Å². The SMILES string of the molecule is CCNC(=O)CN(CC)CC(C)(C)C(=O)NN. The molecule has 0 aliphatic rings. The van der Waals surface area contributed by atoms with Gasteiger partial charge in [-0.2, -0.15) is 0 Å². The molecule has 0 saturated carbocycles. The van der Waals surface area contributed by atoms with Crippen LogP contribution in [0.3, 0.4) is 0 Å². The van der Waals surface area contributed by atoms with Crippen LogP contribution in [0.1, 0.15) is 27.7 Å². The Balaban J connectivity index is 4.39. The standard InChI is InChI=1S/C11H24N4O2/c1-5-13-9(16)7-15(6-2)8-11(3,4)10(17)14-12/h5-8,12H2,1-4H3,(H,13,16)(H,14,17). The zero-order valence-corrected chi connectivity index (χ0v) is 11.2. The molecule has 0 bridgehead atoms. The van der Waals surface area contributed by atoms with E-state index in [9.17, 15) is 9.59 Å². The highest BCUT2D eigenvalue weighted by Gasteiger charge is 2.29. The summed E-state index contributed by atoms with van der Waals surface area (Å²) < 4.78 is 0. The fraction of sp³-hybridized carbons (Fsp3) is 0.818. The third-order valence-corrected chi connectivity index (χ3v) is 2.55. The van der Waals surface area contributed by atoms with Crippen molar-refractivity contribution in [3.05, 3.63) is 0 Å². The summed E-state index contributed by atoms with van der Waals surface area (Å²) in [6, 6.07) is 0. The van der Waals surface area contributed by atoms with Crippen LogP contribution in [0.15, 0.2) is 0 Å². The van der Waals surface area contributed by atoms with Crippen molar-refractivity contribution in [2.24, 2.45) is 11.3 Å². The van der Waals surface area contributed by atoms with Crippen molar-refractivity contribution in [3.63, 3.8) is 0 Å². The number of rotatable bonds is 7. The van der Waals surface area contributed by atoms with Crippen molar-refractivity contribution in [1.29, 1.82) is 0 Å². The highest BCUT2D eigenvalue weighted by molar-refractivity contribution is 5.81. The molecule has 0 atom stereocenters. The fourth-order valence-electron chi connectivity index (χ4n) is 1.56. The molecular formula is C11H24N4O2. The van der Waals surface area contributed by atoms with Crippen LogP contribution < -0.4 is 16.6 Å². The van der Waals surface area contributed by atoms with Crippen molar-refractivity contribution >= 4 is 11.8 Å².